The number of alkyl halides is 3. The van der Waals surface area contributed by atoms with E-state index in [1.54, 1.807) is 12.1 Å². The number of hydrogen-bond acceptors (Lipinski definition) is 7. The molecule has 0 N–H and O–H groups in total. The molecule has 7 nitrogen and oxygen atoms in total. The molecule has 1 aliphatic heterocycles. The van der Waals surface area contributed by atoms with Crippen LogP contribution in [-0.2, 0) is 16.0 Å². The normalized spacial score (nSPS) is 18.1. The van der Waals surface area contributed by atoms with Crippen molar-refractivity contribution in [1.82, 2.24) is 9.88 Å². The number of likely N-dealkylation sites (tertiary alicyclic amines) is 1. The van der Waals surface area contributed by atoms with Gasteiger partial charge in [-0.25, -0.2) is 9.78 Å². The maximum atomic E-state index is 13.0. The van der Waals surface area contributed by atoms with E-state index in [9.17, 15) is 18.0 Å². The lowest BCUT2D eigenvalue weighted by atomic mass is 10.0. The molecule has 1 aromatic heterocycles. The van der Waals surface area contributed by atoms with Crippen molar-refractivity contribution in [1.29, 1.82) is 0 Å². The van der Waals surface area contributed by atoms with Crippen molar-refractivity contribution in [3.63, 3.8) is 0 Å². The molecular formula is C26H34F3N3O4. The Morgan fingerprint density at radius 3 is 2.58 bits per heavy atom. The Labute approximate surface area is 209 Å². The van der Waals surface area contributed by atoms with Crippen molar-refractivity contribution < 1.29 is 32.2 Å². The van der Waals surface area contributed by atoms with Gasteiger partial charge in [-0.2, -0.15) is 13.2 Å². The molecule has 1 saturated heterocycles. The molecule has 1 aliphatic carbocycles. The van der Waals surface area contributed by atoms with Crippen LogP contribution in [-0.4, -0.2) is 68.5 Å². The molecule has 0 radical (unpaired) electrons. The molecule has 10 heteroatoms. The summed E-state index contributed by atoms with van der Waals surface area (Å²) in [5.74, 6) is -0.526. The lowest BCUT2D eigenvalue weighted by molar-refractivity contribution is -0.205. The highest BCUT2D eigenvalue weighted by Crippen LogP contribution is 2.46. The van der Waals surface area contributed by atoms with Crippen molar-refractivity contribution >= 4 is 22.7 Å². The molecule has 0 bridgehead atoms. The Morgan fingerprint density at radius 2 is 1.94 bits per heavy atom. The first kappa shape index (κ1) is 26.3. The lowest BCUT2D eigenvalue weighted by Gasteiger charge is -2.26. The number of hydrogen-bond donors (Lipinski definition) is 0. The number of methoxy groups -OCH3 is 1. The highest BCUT2D eigenvalue weighted by molar-refractivity contribution is 5.90. The van der Waals surface area contributed by atoms with E-state index in [0.29, 0.717) is 46.8 Å². The fourth-order valence-electron chi connectivity index (χ4n) is 4.96. The van der Waals surface area contributed by atoms with Gasteiger partial charge in [0, 0.05) is 42.2 Å². The minimum Gasteiger partial charge on any atom is -0.493 e. The molecule has 0 spiro atoms. The van der Waals surface area contributed by atoms with Crippen LogP contribution in [0.1, 0.15) is 56.8 Å². The number of benzene rings is 1. The van der Waals surface area contributed by atoms with Crippen molar-refractivity contribution in [3.8, 4) is 11.5 Å². The van der Waals surface area contributed by atoms with E-state index >= 15 is 0 Å². The highest BCUT2D eigenvalue weighted by Gasteiger charge is 2.44. The van der Waals surface area contributed by atoms with Crippen LogP contribution in [0.15, 0.2) is 12.1 Å². The summed E-state index contributed by atoms with van der Waals surface area (Å²) in [4.78, 5) is 21.0. The Balaban J connectivity index is 1.69. The molecule has 1 atom stereocenters. The van der Waals surface area contributed by atoms with Crippen molar-refractivity contribution in [3.05, 3.63) is 23.3 Å². The zero-order valence-corrected chi connectivity index (χ0v) is 21.3. The molecule has 2 heterocycles. The Bertz CT molecular complexity index is 1100. The first-order valence-electron chi connectivity index (χ1n) is 12.5. The van der Waals surface area contributed by atoms with Gasteiger partial charge in [0.15, 0.2) is 11.5 Å². The molecule has 0 saturated carbocycles. The molecular weight excluding hydrogens is 475 g/mol. The summed E-state index contributed by atoms with van der Waals surface area (Å²) in [6, 6.07) is 3.61. The van der Waals surface area contributed by atoms with E-state index in [4.69, 9.17) is 19.2 Å². The second-order valence-electron chi connectivity index (χ2n) is 9.73. The number of ether oxygens (including phenoxy) is 3. The Kier molecular flexibility index (Phi) is 7.82. The van der Waals surface area contributed by atoms with Crippen LogP contribution < -0.4 is 14.4 Å². The van der Waals surface area contributed by atoms with Crippen LogP contribution in [0, 0.1) is 0 Å². The largest absolute Gasteiger partial charge is 0.493 e. The monoisotopic (exact) mass is 509 g/mol. The number of aromatic nitrogens is 1. The third-order valence-corrected chi connectivity index (χ3v) is 7.04. The standard InChI is InChI=1S/C26H34F3N3O4/c1-16(2)31(3)24-17-8-9-20(36-25(33)26(27,28)29)23(17)18-14-21(34-4)22(15-19(18)30-24)35-13-7-12-32-10-5-6-11-32/h14-16,20H,5-13H2,1-4H3. The number of pyridine rings is 1. The van der Waals surface area contributed by atoms with Crippen LogP contribution in [0.25, 0.3) is 10.9 Å². The third-order valence-electron chi connectivity index (χ3n) is 7.04. The van der Waals surface area contributed by atoms with E-state index in [-0.39, 0.29) is 12.5 Å². The average Bonchev–Trinajstić information content (AvgIpc) is 3.50. The molecule has 0 amide bonds. The van der Waals surface area contributed by atoms with E-state index in [0.717, 1.165) is 31.6 Å². The molecule has 1 unspecified atom stereocenters. The summed E-state index contributed by atoms with van der Waals surface area (Å²) in [7, 11) is 3.42. The number of halogens is 3. The van der Waals surface area contributed by atoms with Gasteiger partial charge in [-0.05, 0) is 65.1 Å². The van der Waals surface area contributed by atoms with E-state index in [1.165, 1.54) is 20.0 Å². The van der Waals surface area contributed by atoms with Crippen LogP contribution in [0.2, 0.25) is 0 Å². The Morgan fingerprint density at radius 1 is 1.22 bits per heavy atom. The molecule has 1 aromatic carbocycles. The summed E-state index contributed by atoms with van der Waals surface area (Å²) in [5, 5.41) is 0.602. The second kappa shape index (κ2) is 10.7. The minimum atomic E-state index is -5.06. The molecule has 1 fully saturated rings. The molecule has 198 valence electrons. The predicted molar refractivity (Wildman–Crippen MR) is 131 cm³/mol. The van der Waals surface area contributed by atoms with Gasteiger partial charge in [-0.3, -0.25) is 0 Å². The van der Waals surface area contributed by atoms with Crippen LogP contribution in [0.5, 0.6) is 11.5 Å². The fraction of sp³-hybridized carbons (Fsp3) is 0.615. The summed E-state index contributed by atoms with van der Waals surface area (Å²) in [5.41, 5.74) is 1.90. The van der Waals surface area contributed by atoms with E-state index in [1.807, 2.05) is 25.8 Å². The van der Waals surface area contributed by atoms with Crippen molar-refractivity contribution in [2.24, 2.45) is 0 Å². The topological polar surface area (TPSA) is 64.1 Å². The zero-order chi connectivity index (χ0) is 26.0. The maximum absolute atomic E-state index is 13.0. The molecule has 4 rings (SSSR count). The van der Waals surface area contributed by atoms with Crippen molar-refractivity contribution in [2.75, 3.05) is 45.3 Å². The molecule has 36 heavy (non-hydrogen) atoms. The Hall–Kier alpha value is -2.75. The van der Waals surface area contributed by atoms with Gasteiger partial charge < -0.3 is 24.0 Å². The minimum absolute atomic E-state index is 0.107. The fourth-order valence-corrected chi connectivity index (χ4v) is 4.96. The number of carbonyl (C=O) groups excluding carboxylic acids is 1. The number of rotatable bonds is 9. The summed E-state index contributed by atoms with van der Waals surface area (Å²) >= 11 is 0. The maximum Gasteiger partial charge on any atom is 0.490 e. The number of anilines is 1. The smallest absolute Gasteiger partial charge is 0.490 e. The summed E-state index contributed by atoms with van der Waals surface area (Å²) in [6.45, 7) is 7.75. The quantitative estimate of drug-likeness (QED) is 0.346. The zero-order valence-electron chi connectivity index (χ0n) is 21.3. The van der Waals surface area contributed by atoms with Gasteiger partial charge in [0.05, 0.1) is 19.2 Å². The van der Waals surface area contributed by atoms with E-state index < -0.39 is 18.2 Å². The number of nitrogens with zero attached hydrogens (tertiary/aromatic N) is 3. The van der Waals surface area contributed by atoms with E-state index in [2.05, 4.69) is 4.90 Å². The van der Waals surface area contributed by atoms with Gasteiger partial charge in [-0.1, -0.05) is 0 Å². The first-order chi connectivity index (χ1) is 17.1. The van der Waals surface area contributed by atoms with Crippen LogP contribution in [0.3, 0.4) is 0 Å². The van der Waals surface area contributed by atoms with Crippen LogP contribution >= 0.6 is 0 Å². The third kappa shape index (κ3) is 5.48. The van der Waals surface area contributed by atoms with Gasteiger partial charge in [0.25, 0.3) is 0 Å². The first-order valence-corrected chi connectivity index (χ1v) is 12.5. The van der Waals surface area contributed by atoms with Gasteiger partial charge >= 0.3 is 12.1 Å². The lowest BCUT2D eigenvalue weighted by Crippen LogP contribution is -2.28. The predicted octanol–water partition coefficient (Wildman–Crippen LogP) is 5.05. The molecule has 2 aromatic rings. The summed E-state index contributed by atoms with van der Waals surface area (Å²) < 4.78 is 55.5. The number of carbonyl (C=O) groups is 1. The SMILES string of the molecule is COc1cc2c3c(c(N(C)C(C)C)nc2cc1OCCCN1CCCC1)CCC3OC(=O)C(F)(F)F. The van der Waals surface area contributed by atoms with Gasteiger partial charge in [0.1, 0.15) is 11.9 Å². The van der Waals surface area contributed by atoms with Crippen molar-refractivity contribution in [2.45, 2.75) is 64.3 Å². The highest BCUT2D eigenvalue weighted by atomic mass is 19.4. The van der Waals surface area contributed by atoms with Crippen LogP contribution in [0.4, 0.5) is 19.0 Å². The molecule has 2 aliphatic rings. The second-order valence-corrected chi connectivity index (χ2v) is 9.73. The van der Waals surface area contributed by atoms with Gasteiger partial charge in [-0.15, -0.1) is 0 Å². The average molecular weight is 510 g/mol. The number of fused-ring (bicyclic) bond motifs is 3. The summed E-state index contributed by atoms with van der Waals surface area (Å²) in [6.07, 6.45) is -2.02. The van der Waals surface area contributed by atoms with Gasteiger partial charge in [0.2, 0.25) is 0 Å². The number of esters is 1.